The Labute approximate surface area is 135 Å². The van der Waals surface area contributed by atoms with Gasteiger partial charge < -0.3 is 5.32 Å². The van der Waals surface area contributed by atoms with Gasteiger partial charge in [-0.05, 0) is 69.5 Å². The Hall–Kier alpha value is -0.530. The molecule has 0 spiro atoms. The molecule has 1 aromatic rings. The van der Waals surface area contributed by atoms with Gasteiger partial charge in [0.1, 0.15) is 0 Å². The third-order valence-electron chi connectivity index (χ3n) is 4.88. The van der Waals surface area contributed by atoms with Crippen molar-refractivity contribution in [3.63, 3.8) is 0 Å². The van der Waals surface area contributed by atoms with Crippen molar-refractivity contribution in [2.75, 3.05) is 6.54 Å². The van der Waals surface area contributed by atoms with E-state index in [1.54, 1.807) is 0 Å². The first kappa shape index (κ1) is 16.8. The van der Waals surface area contributed by atoms with Gasteiger partial charge in [0.25, 0.3) is 0 Å². The van der Waals surface area contributed by atoms with Gasteiger partial charge in [0, 0.05) is 10.6 Å². The summed E-state index contributed by atoms with van der Waals surface area (Å²) < 4.78 is 0. The standard InChI is InChI=1S/C19H30ClN/c1-5-14-10-11-15(13-21-19(2,3)4)17(12-14)16-8-6-7-9-18(16)20/h6-9,14-15,17,21H,5,10-13H2,1-4H3. The van der Waals surface area contributed by atoms with Gasteiger partial charge in [-0.3, -0.25) is 0 Å². The highest BCUT2D eigenvalue weighted by atomic mass is 35.5. The van der Waals surface area contributed by atoms with Crippen LogP contribution in [0.2, 0.25) is 5.02 Å². The summed E-state index contributed by atoms with van der Waals surface area (Å²) in [7, 11) is 0. The van der Waals surface area contributed by atoms with Crippen molar-refractivity contribution < 1.29 is 0 Å². The van der Waals surface area contributed by atoms with E-state index >= 15 is 0 Å². The second-order valence-electron chi connectivity index (χ2n) is 7.61. The van der Waals surface area contributed by atoms with E-state index < -0.39 is 0 Å². The number of hydrogen-bond donors (Lipinski definition) is 1. The van der Waals surface area contributed by atoms with Crippen LogP contribution in [0.1, 0.15) is 64.9 Å². The van der Waals surface area contributed by atoms with Gasteiger partial charge in [-0.25, -0.2) is 0 Å². The van der Waals surface area contributed by atoms with Crippen LogP contribution < -0.4 is 5.32 Å². The lowest BCUT2D eigenvalue weighted by Gasteiger charge is -2.38. The highest BCUT2D eigenvalue weighted by molar-refractivity contribution is 6.31. The van der Waals surface area contributed by atoms with Crippen molar-refractivity contribution in [2.45, 2.75) is 64.8 Å². The van der Waals surface area contributed by atoms with E-state index in [1.165, 1.54) is 31.2 Å². The van der Waals surface area contributed by atoms with Crippen molar-refractivity contribution in [3.8, 4) is 0 Å². The van der Waals surface area contributed by atoms with Crippen molar-refractivity contribution in [3.05, 3.63) is 34.9 Å². The molecule has 118 valence electrons. The van der Waals surface area contributed by atoms with Gasteiger partial charge in [0.2, 0.25) is 0 Å². The van der Waals surface area contributed by atoms with E-state index in [2.05, 4.69) is 45.1 Å². The molecular formula is C19H30ClN. The van der Waals surface area contributed by atoms with E-state index in [9.17, 15) is 0 Å². The second-order valence-corrected chi connectivity index (χ2v) is 8.01. The summed E-state index contributed by atoms with van der Waals surface area (Å²) >= 11 is 6.48. The maximum Gasteiger partial charge on any atom is 0.0440 e. The monoisotopic (exact) mass is 307 g/mol. The molecule has 1 N–H and O–H groups in total. The lowest BCUT2D eigenvalue weighted by Crippen LogP contribution is -2.41. The number of rotatable bonds is 4. The minimum absolute atomic E-state index is 0.187. The molecule has 21 heavy (non-hydrogen) atoms. The molecule has 0 radical (unpaired) electrons. The minimum Gasteiger partial charge on any atom is -0.312 e. The predicted octanol–water partition coefficient (Wildman–Crippen LogP) is 5.64. The number of nitrogens with one attached hydrogen (secondary N) is 1. The van der Waals surface area contributed by atoms with Gasteiger partial charge >= 0.3 is 0 Å². The molecule has 1 nitrogen and oxygen atoms in total. The Morgan fingerprint density at radius 3 is 2.52 bits per heavy atom. The molecule has 2 heteroatoms. The van der Waals surface area contributed by atoms with Crippen LogP contribution in [-0.4, -0.2) is 12.1 Å². The maximum absolute atomic E-state index is 6.48. The van der Waals surface area contributed by atoms with Crippen molar-refractivity contribution in [1.29, 1.82) is 0 Å². The van der Waals surface area contributed by atoms with Gasteiger partial charge in [0.15, 0.2) is 0 Å². The van der Waals surface area contributed by atoms with Crippen LogP contribution in [-0.2, 0) is 0 Å². The first-order chi connectivity index (χ1) is 9.90. The Bertz CT molecular complexity index is 449. The number of halogens is 1. The average molecular weight is 308 g/mol. The number of hydrogen-bond acceptors (Lipinski definition) is 1. The third kappa shape index (κ3) is 4.72. The molecule has 1 aromatic carbocycles. The molecule has 1 aliphatic carbocycles. The number of benzene rings is 1. The molecule has 2 rings (SSSR count). The van der Waals surface area contributed by atoms with Gasteiger partial charge in [0.05, 0.1) is 0 Å². The molecule has 3 unspecified atom stereocenters. The Morgan fingerprint density at radius 1 is 1.19 bits per heavy atom. The van der Waals surface area contributed by atoms with Gasteiger partial charge in [-0.1, -0.05) is 49.6 Å². The molecule has 0 aromatic heterocycles. The van der Waals surface area contributed by atoms with Crippen LogP contribution in [0.5, 0.6) is 0 Å². The zero-order valence-electron chi connectivity index (χ0n) is 14.0. The molecule has 0 aliphatic heterocycles. The Kier molecular flexibility index (Phi) is 5.73. The topological polar surface area (TPSA) is 12.0 Å². The summed E-state index contributed by atoms with van der Waals surface area (Å²) in [5, 5.41) is 4.65. The average Bonchev–Trinajstić information content (AvgIpc) is 2.45. The molecule has 1 aliphatic rings. The molecule has 1 fully saturated rings. The fourth-order valence-corrected chi connectivity index (χ4v) is 3.81. The normalized spacial score (nSPS) is 26.8. The molecule has 0 saturated heterocycles. The molecule has 1 saturated carbocycles. The van der Waals surface area contributed by atoms with Crippen LogP contribution in [0.15, 0.2) is 24.3 Å². The van der Waals surface area contributed by atoms with Crippen LogP contribution >= 0.6 is 11.6 Å². The zero-order valence-corrected chi connectivity index (χ0v) is 14.7. The zero-order chi connectivity index (χ0) is 15.5. The molecular weight excluding hydrogens is 278 g/mol. The van der Waals surface area contributed by atoms with E-state index in [-0.39, 0.29) is 5.54 Å². The lowest BCUT2D eigenvalue weighted by molar-refractivity contribution is 0.213. The largest absolute Gasteiger partial charge is 0.312 e. The van der Waals surface area contributed by atoms with Crippen molar-refractivity contribution >= 4 is 11.6 Å². The summed E-state index contributed by atoms with van der Waals surface area (Å²) in [6.07, 6.45) is 5.27. The lowest BCUT2D eigenvalue weighted by atomic mass is 9.70. The van der Waals surface area contributed by atoms with Crippen LogP contribution in [0, 0.1) is 11.8 Å². The summed E-state index contributed by atoms with van der Waals surface area (Å²) in [4.78, 5) is 0. The van der Waals surface area contributed by atoms with Crippen molar-refractivity contribution in [1.82, 2.24) is 5.32 Å². The minimum atomic E-state index is 0.187. The molecule has 0 amide bonds. The smallest absolute Gasteiger partial charge is 0.0440 e. The summed E-state index contributed by atoms with van der Waals surface area (Å²) in [5.74, 6) is 2.16. The summed E-state index contributed by atoms with van der Waals surface area (Å²) in [6.45, 7) is 10.2. The first-order valence-corrected chi connectivity index (χ1v) is 8.78. The molecule has 0 bridgehead atoms. The highest BCUT2D eigenvalue weighted by Crippen LogP contribution is 2.43. The molecule has 3 atom stereocenters. The van der Waals surface area contributed by atoms with E-state index in [4.69, 9.17) is 11.6 Å². The second kappa shape index (κ2) is 7.15. The van der Waals surface area contributed by atoms with Crippen LogP contribution in [0.4, 0.5) is 0 Å². The van der Waals surface area contributed by atoms with Crippen molar-refractivity contribution in [2.24, 2.45) is 11.8 Å². The van der Waals surface area contributed by atoms with E-state index in [0.717, 1.165) is 17.5 Å². The SMILES string of the molecule is CCC1CCC(CNC(C)(C)C)C(c2ccccc2Cl)C1. The van der Waals surface area contributed by atoms with Crippen LogP contribution in [0.25, 0.3) is 0 Å². The van der Waals surface area contributed by atoms with Gasteiger partial charge in [-0.2, -0.15) is 0 Å². The van der Waals surface area contributed by atoms with E-state index in [1.807, 2.05) is 12.1 Å². The Morgan fingerprint density at radius 2 is 1.90 bits per heavy atom. The van der Waals surface area contributed by atoms with Gasteiger partial charge in [-0.15, -0.1) is 0 Å². The predicted molar refractivity (Wildman–Crippen MR) is 93.1 cm³/mol. The fourth-order valence-electron chi connectivity index (χ4n) is 3.53. The molecule has 0 heterocycles. The third-order valence-corrected chi connectivity index (χ3v) is 5.22. The summed E-state index contributed by atoms with van der Waals surface area (Å²) in [5.41, 5.74) is 1.55. The van der Waals surface area contributed by atoms with E-state index in [0.29, 0.717) is 11.8 Å². The highest BCUT2D eigenvalue weighted by Gasteiger charge is 2.32. The summed E-state index contributed by atoms with van der Waals surface area (Å²) in [6, 6.07) is 8.44. The fraction of sp³-hybridized carbons (Fsp3) is 0.684. The van der Waals surface area contributed by atoms with Crippen LogP contribution in [0.3, 0.4) is 0 Å². The quantitative estimate of drug-likeness (QED) is 0.759. The maximum atomic E-state index is 6.48. The Balaban J connectivity index is 2.16. The first-order valence-electron chi connectivity index (χ1n) is 8.40.